The number of hydrogen-bond acceptors (Lipinski definition) is 4. The maximum atomic E-state index is 12.5. The Morgan fingerprint density at radius 1 is 1.37 bits per heavy atom. The van der Waals surface area contributed by atoms with Crippen molar-refractivity contribution in [2.45, 2.75) is 12.3 Å². The van der Waals surface area contributed by atoms with Gasteiger partial charge in [0, 0.05) is 12.7 Å². The average molecular weight is 288 g/mol. The molecule has 2 aromatic heterocycles. The number of pyridine rings is 1. The lowest BCUT2D eigenvalue weighted by Gasteiger charge is -2.12. The molecule has 2 heterocycles. The first kappa shape index (κ1) is 13.8. The number of alkyl halides is 3. The van der Waals surface area contributed by atoms with Crippen LogP contribution in [-0.4, -0.2) is 16.6 Å². The van der Waals surface area contributed by atoms with E-state index in [1.54, 1.807) is 11.4 Å². The first-order valence-electron chi connectivity index (χ1n) is 5.44. The van der Waals surface area contributed by atoms with Crippen molar-refractivity contribution in [3.8, 4) is 0 Å². The quantitative estimate of drug-likeness (QED) is 0.907. The van der Waals surface area contributed by atoms with Gasteiger partial charge in [-0.25, -0.2) is 4.98 Å². The van der Waals surface area contributed by atoms with Crippen molar-refractivity contribution < 1.29 is 18.3 Å². The zero-order valence-electron chi connectivity index (χ0n) is 9.69. The number of hydrogen-bond donors (Lipinski definition) is 2. The molecule has 0 bridgehead atoms. The van der Waals surface area contributed by atoms with E-state index in [2.05, 4.69) is 10.3 Å². The molecule has 0 amide bonds. The maximum absolute atomic E-state index is 12.5. The van der Waals surface area contributed by atoms with E-state index in [0.29, 0.717) is 0 Å². The average Bonchev–Trinajstić information content (AvgIpc) is 2.89. The third-order valence-electron chi connectivity index (χ3n) is 2.49. The second-order valence-corrected chi connectivity index (χ2v) is 4.66. The summed E-state index contributed by atoms with van der Waals surface area (Å²) >= 11 is 1.44. The van der Waals surface area contributed by atoms with Gasteiger partial charge in [0.2, 0.25) is 0 Å². The summed E-state index contributed by atoms with van der Waals surface area (Å²) in [6, 6.07) is 3.58. The van der Waals surface area contributed by atoms with Crippen LogP contribution in [0, 0.1) is 0 Å². The fourth-order valence-electron chi connectivity index (χ4n) is 1.49. The van der Waals surface area contributed by atoms with Crippen molar-refractivity contribution in [2.75, 3.05) is 11.9 Å². The molecule has 0 saturated heterocycles. The van der Waals surface area contributed by atoms with Gasteiger partial charge in [-0.2, -0.15) is 24.5 Å². The van der Waals surface area contributed by atoms with Crippen LogP contribution in [0.1, 0.15) is 17.2 Å². The number of nitrogens with one attached hydrogen (secondary N) is 1. The highest BCUT2D eigenvalue weighted by Gasteiger charge is 2.30. The summed E-state index contributed by atoms with van der Waals surface area (Å²) in [6.45, 7) is 0.102. The molecule has 0 aliphatic heterocycles. The van der Waals surface area contributed by atoms with Crippen molar-refractivity contribution in [1.29, 1.82) is 0 Å². The lowest BCUT2D eigenvalue weighted by atomic mass is 10.2. The van der Waals surface area contributed by atoms with Crippen molar-refractivity contribution in [1.82, 2.24) is 4.98 Å². The molecule has 1 unspecified atom stereocenters. The minimum atomic E-state index is -4.40. The Labute approximate surface area is 111 Å². The predicted molar refractivity (Wildman–Crippen MR) is 67.0 cm³/mol. The maximum Gasteiger partial charge on any atom is 0.416 e. The number of thiophene rings is 1. The van der Waals surface area contributed by atoms with E-state index in [0.717, 1.165) is 23.9 Å². The molecule has 0 radical (unpaired) electrons. The molecule has 0 saturated carbocycles. The Balaban J connectivity index is 2.00. The van der Waals surface area contributed by atoms with Gasteiger partial charge in [-0.1, -0.05) is 0 Å². The van der Waals surface area contributed by atoms with Gasteiger partial charge in [0.05, 0.1) is 11.7 Å². The van der Waals surface area contributed by atoms with Crippen molar-refractivity contribution >= 4 is 17.2 Å². The molecular formula is C12H11F3N2OS. The van der Waals surface area contributed by atoms with Crippen LogP contribution in [0.2, 0.25) is 0 Å². The number of halogens is 3. The fourth-order valence-corrected chi connectivity index (χ4v) is 2.19. The lowest BCUT2D eigenvalue weighted by molar-refractivity contribution is -0.137. The van der Waals surface area contributed by atoms with Gasteiger partial charge in [-0.05, 0) is 34.5 Å². The standard InChI is InChI=1S/C12H11F3N2OS/c13-12(14,15)9-1-3-16-11(5-9)17-6-10(18)8-2-4-19-7-8/h1-5,7,10,18H,6H2,(H,16,17). The largest absolute Gasteiger partial charge is 0.416 e. The van der Waals surface area contributed by atoms with Crippen LogP contribution in [0.3, 0.4) is 0 Å². The summed E-state index contributed by atoms with van der Waals surface area (Å²) in [5, 5.41) is 16.1. The Kier molecular flexibility index (Phi) is 4.06. The minimum absolute atomic E-state index is 0.0871. The highest BCUT2D eigenvalue weighted by atomic mass is 32.1. The Morgan fingerprint density at radius 2 is 2.16 bits per heavy atom. The molecule has 3 nitrogen and oxygen atoms in total. The molecule has 102 valence electrons. The summed E-state index contributed by atoms with van der Waals surface area (Å²) < 4.78 is 37.5. The molecule has 0 aromatic carbocycles. The second kappa shape index (κ2) is 5.58. The number of aromatic nitrogens is 1. The van der Waals surface area contributed by atoms with Crippen molar-refractivity contribution in [2.24, 2.45) is 0 Å². The molecule has 7 heteroatoms. The molecule has 1 atom stereocenters. The number of anilines is 1. The van der Waals surface area contributed by atoms with Crippen molar-refractivity contribution in [3.63, 3.8) is 0 Å². The van der Waals surface area contributed by atoms with Crippen LogP contribution in [0.25, 0.3) is 0 Å². The van der Waals surface area contributed by atoms with E-state index in [1.807, 2.05) is 5.38 Å². The molecule has 0 fully saturated rings. The number of aliphatic hydroxyl groups excluding tert-OH is 1. The summed E-state index contributed by atoms with van der Waals surface area (Å²) in [7, 11) is 0. The van der Waals surface area contributed by atoms with Crippen LogP contribution in [0.15, 0.2) is 35.2 Å². The van der Waals surface area contributed by atoms with Crippen molar-refractivity contribution in [3.05, 3.63) is 46.3 Å². The van der Waals surface area contributed by atoms with Crippen LogP contribution in [0.5, 0.6) is 0 Å². The summed E-state index contributed by atoms with van der Waals surface area (Å²) in [4.78, 5) is 3.79. The first-order valence-corrected chi connectivity index (χ1v) is 6.38. The van der Waals surface area contributed by atoms with Gasteiger partial charge in [-0.15, -0.1) is 0 Å². The molecule has 0 aliphatic carbocycles. The Morgan fingerprint density at radius 3 is 2.79 bits per heavy atom. The molecule has 19 heavy (non-hydrogen) atoms. The normalized spacial score (nSPS) is 13.3. The predicted octanol–water partition coefficient (Wildman–Crippen LogP) is 3.31. The van der Waals surface area contributed by atoms with E-state index < -0.39 is 17.8 Å². The van der Waals surface area contributed by atoms with E-state index in [9.17, 15) is 18.3 Å². The Bertz CT molecular complexity index is 528. The van der Waals surface area contributed by atoms with E-state index in [4.69, 9.17) is 0 Å². The zero-order valence-corrected chi connectivity index (χ0v) is 10.5. The van der Waals surface area contributed by atoms with Crippen LogP contribution >= 0.6 is 11.3 Å². The Hall–Kier alpha value is -1.60. The topological polar surface area (TPSA) is 45.1 Å². The van der Waals surface area contributed by atoms with Crippen LogP contribution < -0.4 is 5.32 Å². The highest BCUT2D eigenvalue weighted by Crippen LogP contribution is 2.30. The lowest BCUT2D eigenvalue weighted by Crippen LogP contribution is -2.13. The summed E-state index contributed by atoms with van der Waals surface area (Å²) in [6.07, 6.45) is -4.09. The van der Waals surface area contributed by atoms with Gasteiger partial charge in [0.15, 0.2) is 0 Å². The highest BCUT2D eigenvalue weighted by molar-refractivity contribution is 7.07. The number of nitrogens with zero attached hydrogens (tertiary/aromatic N) is 1. The van der Waals surface area contributed by atoms with Gasteiger partial charge in [-0.3, -0.25) is 0 Å². The van der Waals surface area contributed by atoms with Gasteiger partial charge in [0.25, 0.3) is 0 Å². The van der Waals surface area contributed by atoms with Crippen LogP contribution in [-0.2, 0) is 6.18 Å². The molecule has 2 N–H and O–H groups in total. The third-order valence-corrected chi connectivity index (χ3v) is 3.19. The SMILES string of the molecule is OC(CNc1cc(C(F)(F)F)ccn1)c1ccsc1. The van der Waals surface area contributed by atoms with E-state index in [-0.39, 0.29) is 12.4 Å². The zero-order chi connectivity index (χ0) is 13.9. The van der Waals surface area contributed by atoms with Gasteiger partial charge >= 0.3 is 6.18 Å². The second-order valence-electron chi connectivity index (χ2n) is 3.88. The van der Waals surface area contributed by atoms with E-state index >= 15 is 0 Å². The molecule has 2 aromatic rings. The smallest absolute Gasteiger partial charge is 0.387 e. The molecule has 0 aliphatic rings. The number of rotatable bonds is 4. The summed E-state index contributed by atoms with van der Waals surface area (Å²) in [5.41, 5.74) is -0.0421. The fraction of sp³-hybridized carbons (Fsp3) is 0.250. The van der Waals surface area contributed by atoms with Crippen LogP contribution in [0.4, 0.5) is 19.0 Å². The van der Waals surface area contributed by atoms with Gasteiger partial charge < -0.3 is 10.4 Å². The van der Waals surface area contributed by atoms with E-state index in [1.165, 1.54) is 11.3 Å². The molecule has 0 spiro atoms. The number of aliphatic hydroxyl groups is 1. The third kappa shape index (κ3) is 3.68. The van der Waals surface area contributed by atoms with Gasteiger partial charge in [0.1, 0.15) is 5.82 Å². The monoisotopic (exact) mass is 288 g/mol. The molecule has 2 rings (SSSR count). The minimum Gasteiger partial charge on any atom is -0.387 e. The first-order chi connectivity index (χ1) is 8.97. The molecular weight excluding hydrogens is 277 g/mol. The summed E-state index contributed by atoms with van der Waals surface area (Å²) in [5.74, 6) is 0.0871.